The average Bonchev–Trinajstić information content (AvgIpc) is 2.78. The molecule has 0 aromatic heterocycles. The van der Waals surface area contributed by atoms with E-state index in [-0.39, 0.29) is 5.78 Å². The highest BCUT2D eigenvalue weighted by atomic mass is 16.1. The fraction of sp³-hybridized carbons (Fsp3) is 0.562. The molecule has 0 aliphatic heterocycles. The predicted octanol–water partition coefficient (Wildman–Crippen LogP) is 2.93. The van der Waals surface area contributed by atoms with Crippen LogP contribution in [0.5, 0.6) is 0 Å². The Balaban J connectivity index is 1.50. The van der Waals surface area contributed by atoms with Crippen molar-refractivity contribution in [2.45, 2.75) is 32.2 Å². The lowest BCUT2D eigenvalue weighted by molar-refractivity contribution is 0.101. The van der Waals surface area contributed by atoms with Gasteiger partial charge >= 0.3 is 0 Å². The third kappa shape index (κ3) is 1.60. The second-order valence-corrected chi connectivity index (χ2v) is 6.52. The Kier molecular flexibility index (Phi) is 2.23. The Morgan fingerprint density at radius 2 is 1.95 bits per heavy atom. The van der Waals surface area contributed by atoms with Gasteiger partial charge in [-0.1, -0.05) is 0 Å². The maximum Gasteiger partial charge on any atom is 0.161 e. The first-order valence-electron chi connectivity index (χ1n) is 7.32. The van der Waals surface area contributed by atoms with E-state index < -0.39 is 0 Å². The molecule has 3 fully saturated rings. The molecule has 1 aromatic rings. The van der Waals surface area contributed by atoms with Gasteiger partial charge in [0.25, 0.3) is 0 Å². The molecule has 4 atom stereocenters. The van der Waals surface area contributed by atoms with Crippen LogP contribution >= 0.6 is 0 Å². The van der Waals surface area contributed by atoms with Gasteiger partial charge in [0.05, 0.1) is 0 Å². The number of hydrogen-bond acceptors (Lipinski definition) is 3. The van der Waals surface area contributed by atoms with Gasteiger partial charge in [-0.3, -0.25) is 4.79 Å². The summed E-state index contributed by atoms with van der Waals surface area (Å²) in [6.45, 7) is 1.56. The molecule has 19 heavy (non-hydrogen) atoms. The van der Waals surface area contributed by atoms with E-state index in [1.807, 2.05) is 18.2 Å². The van der Waals surface area contributed by atoms with E-state index in [2.05, 4.69) is 5.32 Å². The molecule has 3 aliphatic rings. The third-order valence-corrected chi connectivity index (χ3v) is 5.50. The van der Waals surface area contributed by atoms with E-state index in [4.69, 9.17) is 5.73 Å². The first kappa shape index (κ1) is 11.3. The number of carbonyl (C=O) groups excluding carboxylic acids is 1. The quantitative estimate of drug-likeness (QED) is 0.646. The molecule has 0 radical (unpaired) electrons. The molecule has 100 valence electrons. The Hall–Kier alpha value is -1.51. The van der Waals surface area contributed by atoms with E-state index in [1.54, 1.807) is 6.92 Å². The molecule has 0 heterocycles. The fourth-order valence-electron chi connectivity index (χ4n) is 4.68. The van der Waals surface area contributed by atoms with Gasteiger partial charge in [0.15, 0.2) is 5.78 Å². The van der Waals surface area contributed by atoms with Crippen LogP contribution in [-0.2, 0) is 0 Å². The second-order valence-electron chi connectivity index (χ2n) is 6.52. The lowest BCUT2D eigenvalue weighted by Gasteiger charge is -2.13. The lowest BCUT2D eigenvalue weighted by Crippen LogP contribution is -2.13. The number of nitrogens with two attached hydrogens (primary N) is 1. The summed E-state index contributed by atoms with van der Waals surface area (Å²) in [7, 11) is 0. The van der Waals surface area contributed by atoms with Gasteiger partial charge in [0.1, 0.15) is 0 Å². The van der Waals surface area contributed by atoms with Crippen molar-refractivity contribution in [3.63, 3.8) is 0 Å². The van der Waals surface area contributed by atoms with Crippen LogP contribution in [0.4, 0.5) is 11.4 Å². The topological polar surface area (TPSA) is 55.1 Å². The molecule has 4 unspecified atom stereocenters. The van der Waals surface area contributed by atoms with Crippen molar-refractivity contribution in [3.05, 3.63) is 23.8 Å². The predicted molar refractivity (Wildman–Crippen MR) is 76.1 cm³/mol. The first-order valence-corrected chi connectivity index (χ1v) is 7.32. The van der Waals surface area contributed by atoms with Crippen molar-refractivity contribution < 1.29 is 4.79 Å². The molecular formula is C16H20N2O. The molecular weight excluding hydrogens is 236 g/mol. The molecule has 0 saturated heterocycles. The van der Waals surface area contributed by atoms with Crippen LogP contribution in [0.1, 0.15) is 36.5 Å². The van der Waals surface area contributed by atoms with E-state index in [0.29, 0.717) is 17.3 Å². The molecule has 1 aromatic carbocycles. The number of rotatable bonds is 3. The first-order chi connectivity index (χ1) is 9.15. The molecule has 2 bridgehead atoms. The number of fused-ring (bicyclic) bond motifs is 5. The van der Waals surface area contributed by atoms with Crippen LogP contribution in [0.3, 0.4) is 0 Å². The van der Waals surface area contributed by atoms with E-state index in [1.165, 1.54) is 19.3 Å². The van der Waals surface area contributed by atoms with Crippen molar-refractivity contribution in [3.8, 4) is 0 Å². The third-order valence-electron chi connectivity index (χ3n) is 5.50. The summed E-state index contributed by atoms with van der Waals surface area (Å²) >= 11 is 0. The minimum Gasteiger partial charge on any atom is -0.398 e. The van der Waals surface area contributed by atoms with E-state index in [9.17, 15) is 4.79 Å². The molecule has 3 N–H and O–H groups in total. The highest BCUT2D eigenvalue weighted by Crippen LogP contribution is 2.66. The maximum atomic E-state index is 11.4. The summed E-state index contributed by atoms with van der Waals surface area (Å²) < 4.78 is 0. The van der Waals surface area contributed by atoms with Crippen LogP contribution in [-0.4, -0.2) is 11.8 Å². The Morgan fingerprint density at radius 3 is 2.53 bits per heavy atom. The summed E-state index contributed by atoms with van der Waals surface area (Å²) in [5.41, 5.74) is 8.23. The largest absolute Gasteiger partial charge is 0.398 e. The number of ketones is 1. The van der Waals surface area contributed by atoms with Gasteiger partial charge in [-0.05, 0) is 68.1 Å². The molecule has 3 aliphatic carbocycles. The van der Waals surface area contributed by atoms with Crippen molar-refractivity contribution in [1.29, 1.82) is 0 Å². The van der Waals surface area contributed by atoms with E-state index in [0.717, 1.165) is 29.4 Å². The number of benzene rings is 1. The van der Waals surface area contributed by atoms with Gasteiger partial charge in [-0.15, -0.1) is 0 Å². The van der Waals surface area contributed by atoms with Crippen molar-refractivity contribution in [2.75, 3.05) is 11.1 Å². The molecule has 3 saturated carbocycles. The zero-order chi connectivity index (χ0) is 13.1. The van der Waals surface area contributed by atoms with Crippen molar-refractivity contribution in [1.82, 2.24) is 0 Å². The summed E-state index contributed by atoms with van der Waals surface area (Å²) in [6, 6.07) is 6.40. The van der Waals surface area contributed by atoms with Crippen molar-refractivity contribution >= 4 is 17.2 Å². The minimum atomic E-state index is 0.0328. The van der Waals surface area contributed by atoms with Gasteiger partial charge in [-0.2, -0.15) is 0 Å². The maximum absolute atomic E-state index is 11.4. The standard InChI is InChI=1S/C16H20N2O/c1-8(19)12-5-4-11(7-13(12)17)18-16-14-9-2-3-10(6-9)15(14)16/h4-5,7,9-10,14-16,18H,2-3,6,17H2,1H3. The number of Topliss-reactive ketones (excluding diaryl/α,β-unsaturated/α-hetero) is 1. The number of carbonyl (C=O) groups is 1. The van der Waals surface area contributed by atoms with Crippen molar-refractivity contribution in [2.24, 2.45) is 23.7 Å². The van der Waals surface area contributed by atoms with Gasteiger partial charge < -0.3 is 11.1 Å². The second kappa shape index (κ2) is 3.75. The summed E-state index contributed by atoms with van der Waals surface area (Å²) in [6.07, 6.45) is 4.35. The fourth-order valence-corrected chi connectivity index (χ4v) is 4.68. The average molecular weight is 256 g/mol. The van der Waals surface area contributed by atoms with Crippen LogP contribution in [0, 0.1) is 23.7 Å². The minimum absolute atomic E-state index is 0.0328. The number of anilines is 2. The zero-order valence-corrected chi connectivity index (χ0v) is 11.2. The highest BCUT2D eigenvalue weighted by Gasteiger charge is 2.64. The zero-order valence-electron chi connectivity index (χ0n) is 11.2. The number of hydrogen-bond donors (Lipinski definition) is 2. The van der Waals surface area contributed by atoms with E-state index >= 15 is 0 Å². The summed E-state index contributed by atoms with van der Waals surface area (Å²) in [5.74, 6) is 3.80. The molecule has 4 rings (SSSR count). The number of nitrogen functional groups attached to an aromatic ring is 1. The Morgan fingerprint density at radius 1 is 1.26 bits per heavy atom. The SMILES string of the molecule is CC(=O)c1ccc(NC2C3C4CCC(C4)C23)cc1N. The van der Waals surface area contributed by atoms with Crippen LogP contribution in [0.25, 0.3) is 0 Å². The molecule has 3 heteroatoms. The highest BCUT2D eigenvalue weighted by molar-refractivity contribution is 5.99. The monoisotopic (exact) mass is 256 g/mol. The Bertz CT molecular complexity index is 538. The Labute approximate surface area is 113 Å². The van der Waals surface area contributed by atoms with Crippen LogP contribution in [0.2, 0.25) is 0 Å². The summed E-state index contributed by atoms with van der Waals surface area (Å²) in [4.78, 5) is 11.4. The van der Waals surface area contributed by atoms with Crippen LogP contribution < -0.4 is 11.1 Å². The number of nitrogens with one attached hydrogen (secondary N) is 1. The summed E-state index contributed by atoms with van der Waals surface area (Å²) in [5, 5.41) is 3.63. The van der Waals surface area contributed by atoms with Crippen LogP contribution in [0.15, 0.2) is 18.2 Å². The van der Waals surface area contributed by atoms with Gasteiger partial charge in [-0.25, -0.2) is 0 Å². The molecule has 0 amide bonds. The molecule has 0 spiro atoms. The lowest BCUT2D eigenvalue weighted by atomic mass is 10.0. The smallest absolute Gasteiger partial charge is 0.161 e. The van der Waals surface area contributed by atoms with Gasteiger partial charge in [0, 0.05) is 23.0 Å². The normalized spacial score (nSPS) is 38.1. The van der Waals surface area contributed by atoms with Gasteiger partial charge in [0.2, 0.25) is 0 Å². The molecule has 3 nitrogen and oxygen atoms in total.